The van der Waals surface area contributed by atoms with Crippen LogP contribution < -0.4 is 5.32 Å². The Bertz CT molecular complexity index is 771. The fourth-order valence-corrected chi connectivity index (χ4v) is 1.75. The minimum Gasteiger partial charge on any atom is -0.452 e. The minimum atomic E-state index is -1.72. The number of hydrogen-bond donors (Lipinski definition) is 1. The van der Waals surface area contributed by atoms with Crippen molar-refractivity contribution in [1.82, 2.24) is 4.98 Å². The Morgan fingerprint density at radius 3 is 2.61 bits per heavy atom. The topological polar surface area (TPSA) is 68.3 Å². The Morgan fingerprint density at radius 2 is 1.91 bits per heavy atom. The number of ether oxygens (including phenoxy) is 1. The first-order valence-electron chi connectivity index (χ1n) is 6.11. The van der Waals surface area contributed by atoms with E-state index >= 15 is 0 Å². The maximum atomic E-state index is 13.4. The smallest absolute Gasteiger partial charge is 0.341 e. The normalized spacial score (nSPS) is 10.3. The lowest BCUT2D eigenvalue weighted by molar-refractivity contribution is -0.119. The van der Waals surface area contributed by atoms with E-state index in [9.17, 15) is 22.8 Å². The first-order chi connectivity index (χ1) is 10.9. The third kappa shape index (κ3) is 3.98. The minimum absolute atomic E-state index is 0.0547. The van der Waals surface area contributed by atoms with Crippen LogP contribution in [0.3, 0.4) is 0 Å². The van der Waals surface area contributed by atoms with E-state index in [2.05, 4.69) is 9.72 Å². The third-order valence-electron chi connectivity index (χ3n) is 2.62. The van der Waals surface area contributed by atoms with Crippen molar-refractivity contribution in [2.45, 2.75) is 0 Å². The van der Waals surface area contributed by atoms with Crippen molar-refractivity contribution >= 4 is 29.2 Å². The molecule has 0 aliphatic heterocycles. The highest BCUT2D eigenvalue weighted by atomic mass is 35.5. The number of carbonyl (C=O) groups excluding carboxylic acids is 2. The van der Waals surface area contributed by atoms with Crippen LogP contribution in [0.2, 0.25) is 5.15 Å². The van der Waals surface area contributed by atoms with E-state index in [0.29, 0.717) is 6.07 Å². The van der Waals surface area contributed by atoms with Crippen LogP contribution >= 0.6 is 11.6 Å². The van der Waals surface area contributed by atoms with Gasteiger partial charge in [0.15, 0.2) is 24.1 Å². The number of nitrogens with zero attached hydrogens (tertiary/aromatic N) is 1. The van der Waals surface area contributed by atoms with Gasteiger partial charge in [0.05, 0.1) is 11.3 Å². The van der Waals surface area contributed by atoms with Gasteiger partial charge >= 0.3 is 5.97 Å². The highest BCUT2D eigenvalue weighted by molar-refractivity contribution is 6.32. The Morgan fingerprint density at radius 1 is 1.17 bits per heavy atom. The van der Waals surface area contributed by atoms with E-state index in [0.717, 1.165) is 6.07 Å². The zero-order valence-corrected chi connectivity index (χ0v) is 12.0. The van der Waals surface area contributed by atoms with Gasteiger partial charge in [-0.3, -0.25) is 4.79 Å². The predicted molar refractivity (Wildman–Crippen MR) is 74.5 cm³/mol. The fraction of sp³-hybridized carbons (Fsp3) is 0.0714. The molecule has 1 N–H and O–H groups in total. The standard InChI is InChI=1S/C14H8ClF3N2O3/c15-13-7(2-1-5-19-13)14(22)23-6-10(21)20-9-4-3-8(16)11(17)12(9)18/h1-5H,6H2,(H,20,21). The molecule has 0 saturated carbocycles. The van der Waals surface area contributed by atoms with Gasteiger partial charge in [-0.2, -0.15) is 0 Å². The van der Waals surface area contributed by atoms with Crippen molar-refractivity contribution in [3.8, 4) is 0 Å². The second kappa shape index (κ2) is 7.10. The summed E-state index contributed by atoms with van der Waals surface area (Å²) in [6.45, 7) is -0.775. The van der Waals surface area contributed by atoms with Crippen molar-refractivity contribution < 1.29 is 27.5 Å². The number of nitrogens with one attached hydrogen (secondary N) is 1. The molecule has 1 amide bonds. The second-order valence-corrected chi connectivity index (χ2v) is 4.55. The van der Waals surface area contributed by atoms with E-state index in [1.165, 1.54) is 18.3 Å². The maximum absolute atomic E-state index is 13.4. The van der Waals surface area contributed by atoms with Crippen LogP contribution in [-0.2, 0) is 9.53 Å². The molecule has 0 fully saturated rings. The fourth-order valence-electron chi connectivity index (χ4n) is 1.56. The van der Waals surface area contributed by atoms with Crippen LogP contribution in [0.15, 0.2) is 30.5 Å². The molecular formula is C14H8ClF3N2O3. The van der Waals surface area contributed by atoms with Gasteiger partial charge in [0.25, 0.3) is 5.91 Å². The number of anilines is 1. The van der Waals surface area contributed by atoms with Gasteiger partial charge in [0, 0.05) is 6.20 Å². The zero-order chi connectivity index (χ0) is 17.0. The first kappa shape index (κ1) is 16.8. The molecule has 9 heteroatoms. The Hall–Kier alpha value is -2.61. The lowest BCUT2D eigenvalue weighted by Gasteiger charge is -2.08. The van der Waals surface area contributed by atoms with E-state index < -0.39 is 41.6 Å². The van der Waals surface area contributed by atoms with Crippen molar-refractivity contribution in [1.29, 1.82) is 0 Å². The van der Waals surface area contributed by atoms with Crippen LogP contribution in [0.4, 0.5) is 18.9 Å². The molecule has 2 rings (SSSR count). The molecule has 2 aromatic rings. The van der Waals surface area contributed by atoms with Crippen LogP contribution in [-0.4, -0.2) is 23.5 Å². The monoisotopic (exact) mass is 344 g/mol. The number of amides is 1. The number of benzene rings is 1. The molecule has 0 aliphatic carbocycles. The van der Waals surface area contributed by atoms with Crippen molar-refractivity contribution in [2.24, 2.45) is 0 Å². The summed E-state index contributed by atoms with van der Waals surface area (Å²) in [7, 11) is 0. The lowest BCUT2D eigenvalue weighted by atomic mass is 10.2. The van der Waals surface area contributed by atoms with E-state index in [1.807, 2.05) is 5.32 Å². The summed E-state index contributed by atoms with van der Waals surface area (Å²) < 4.78 is 43.8. The van der Waals surface area contributed by atoms with E-state index in [-0.39, 0.29) is 10.7 Å². The van der Waals surface area contributed by atoms with Crippen molar-refractivity contribution in [2.75, 3.05) is 11.9 Å². The van der Waals surface area contributed by atoms with Gasteiger partial charge in [-0.05, 0) is 24.3 Å². The number of carbonyl (C=O) groups is 2. The van der Waals surface area contributed by atoms with E-state index in [1.54, 1.807) is 0 Å². The van der Waals surface area contributed by atoms with Gasteiger partial charge in [-0.15, -0.1) is 0 Å². The van der Waals surface area contributed by atoms with Crippen molar-refractivity contribution in [3.05, 3.63) is 58.6 Å². The van der Waals surface area contributed by atoms with Gasteiger partial charge in [-0.25, -0.2) is 22.9 Å². The molecule has 23 heavy (non-hydrogen) atoms. The zero-order valence-electron chi connectivity index (χ0n) is 11.3. The summed E-state index contributed by atoms with van der Waals surface area (Å²) in [4.78, 5) is 26.9. The molecule has 0 saturated heterocycles. The Labute approximate surface area is 133 Å². The SMILES string of the molecule is O=C(COC(=O)c1cccnc1Cl)Nc1ccc(F)c(F)c1F. The molecule has 0 unspecified atom stereocenters. The van der Waals surface area contributed by atoms with Crippen LogP contribution in [0, 0.1) is 17.5 Å². The predicted octanol–water partition coefficient (Wildman–Crippen LogP) is 2.95. The second-order valence-electron chi connectivity index (χ2n) is 4.19. The highest BCUT2D eigenvalue weighted by Gasteiger charge is 2.17. The molecule has 120 valence electrons. The molecule has 0 bridgehead atoms. The summed E-state index contributed by atoms with van der Waals surface area (Å²) in [5, 5.41) is 1.85. The number of aromatic nitrogens is 1. The summed E-state index contributed by atoms with van der Waals surface area (Å²) in [5.74, 6) is -6.52. The number of rotatable bonds is 4. The summed E-state index contributed by atoms with van der Waals surface area (Å²) in [6, 6.07) is 4.27. The quantitative estimate of drug-likeness (QED) is 0.526. The molecule has 1 heterocycles. The summed E-state index contributed by atoms with van der Waals surface area (Å²) >= 11 is 5.68. The summed E-state index contributed by atoms with van der Waals surface area (Å²) in [6.07, 6.45) is 1.36. The molecule has 1 aromatic carbocycles. The largest absolute Gasteiger partial charge is 0.452 e. The third-order valence-corrected chi connectivity index (χ3v) is 2.92. The van der Waals surface area contributed by atoms with Gasteiger partial charge in [0.1, 0.15) is 5.15 Å². The van der Waals surface area contributed by atoms with E-state index in [4.69, 9.17) is 11.6 Å². The Kier molecular flexibility index (Phi) is 5.17. The average molecular weight is 345 g/mol. The molecule has 0 spiro atoms. The number of pyridine rings is 1. The molecular weight excluding hydrogens is 337 g/mol. The number of hydrogen-bond acceptors (Lipinski definition) is 4. The van der Waals surface area contributed by atoms with Crippen LogP contribution in [0.5, 0.6) is 0 Å². The number of esters is 1. The lowest BCUT2D eigenvalue weighted by Crippen LogP contribution is -2.22. The Balaban J connectivity index is 1.97. The summed E-state index contributed by atoms with van der Waals surface area (Å²) in [5.41, 5.74) is -0.634. The number of halogens is 4. The van der Waals surface area contributed by atoms with Gasteiger partial charge in [-0.1, -0.05) is 11.6 Å². The molecule has 1 aromatic heterocycles. The maximum Gasteiger partial charge on any atom is 0.341 e. The molecule has 0 atom stereocenters. The van der Waals surface area contributed by atoms with Gasteiger partial charge in [0.2, 0.25) is 0 Å². The van der Waals surface area contributed by atoms with Crippen LogP contribution in [0.25, 0.3) is 0 Å². The van der Waals surface area contributed by atoms with Crippen LogP contribution in [0.1, 0.15) is 10.4 Å². The first-order valence-corrected chi connectivity index (χ1v) is 6.49. The van der Waals surface area contributed by atoms with Gasteiger partial charge < -0.3 is 10.1 Å². The average Bonchev–Trinajstić information content (AvgIpc) is 2.53. The van der Waals surface area contributed by atoms with Crippen molar-refractivity contribution in [3.63, 3.8) is 0 Å². The molecule has 5 nitrogen and oxygen atoms in total. The molecule has 0 aliphatic rings. The highest BCUT2D eigenvalue weighted by Crippen LogP contribution is 2.19. The molecule has 0 radical (unpaired) electrons.